The fourth-order valence-corrected chi connectivity index (χ4v) is 0.903. The van der Waals surface area contributed by atoms with Gasteiger partial charge >= 0.3 is 0 Å². The zero-order valence-corrected chi connectivity index (χ0v) is 7.70. The fraction of sp³-hybridized carbons (Fsp3) is 0.333. The molecule has 0 aliphatic carbocycles. The minimum atomic E-state index is -0.810. The first-order chi connectivity index (χ1) is 6.65. The third kappa shape index (κ3) is 2.50. The minimum Gasteiger partial charge on any atom is -0.394 e. The standard InChI is InChI=1S/C9H11FN2O2/c1-6(5-13)12-9(14)7-3-2-4-11-8(7)10/h2-4,6,13H,5H2,1H3,(H,12,14)/t6-/m0/s1. The van der Waals surface area contributed by atoms with Gasteiger partial charge in [-0.25, -0.2) is 4.98 Å². The Bertz CT molecular complexity index is 330. The van der Waals surface area contributed by atoms with Crippen LogP contribution in [-0.2, 0) is 0 Å². The lowest BCUT2D eigenvalue weighted by molar-refractivity contribution is 0.0917. The number of aliphatic hydroxyl groups excluding tert-OH is 1. The molecule has 0 aliphatic heterocycles. The van der Waals surface area contributed by atoms with Crippen molar-refractivity contribution in [2.45, 2.75) is 13.0 Å². The van der Waals surface area contributed by atoms with Gasteiger partial charge in [-0.3, -0.25) is 4.79 Å². The molecule has 76 valence electrons. The number of rotatable bonds is 3. The molecule has 0 aromatic carbocycles. The van der Waals surface area contributed by atoms with Gasteiger partial charge in [0.2, 0.25) is 5.95 Å². The van der Waals surface area contributed by atoms with Crippen LogP contribution in [0.2, 0.25) is 0 Å². The molecule has 0 radical (unpaired) electrons. The third-order valence-electron chi connectivity index (χ3n) is 1.66. The van der Waals surface area contributed by atoms with Crippen molar-refractivity contribution in [2.24, 2.45) is 0 Å². The van der Waals surface area contributed by atoms with Crippen molar-refractivity contribution in [3.8, 4) is 0 Å². The Morgan fingerprint density at radius 3 is 3.07 bits per heavy atom. The van der Waals surface area contributed by atoms with Gasteiger partial charge in [0.15, 0.2) is 0 Å². The van der Waals surface area contributed by atoms with Gasteiger partial charge in [-0.2, -0.15) is 4.39 Å². The van der Waals surface area contributed by atoms with E-state index in [1.807, 2.05) is 0 Å². The van der Waals surface area contributed by atoms with E-state index in [1.165, 1.54) is 18.3 Å². The highest BCUT2D eigenvalue weighted by atomic mass is 19.1. The molecular formula is C9H11FN2O2. The molecule has 2 N–H and O–H groups in total. The Balaban J connectivity index is 2.75. The van der Waals surface area contributed by atoms with Gasteiger partial charge < -0.3 is 10.4 Å². The highest BCUT2D eigenvalue weighted by molar-refractivity contribution is 5.94. The maximum atomic E-state index is 13.0. The maximum Gasteiger partial charge on any atom is 0.256 e. The summed E-state index contributed by atoms with van der Waals surface area (Å²) in [6.07, 6.45) is 1.27. The van der Waals surface area contributed by atoms with Gasteiger partial charge in [-0.15, -0.1) is 0 Å². The Morgan fingerprint density at radius 1 is 1.79 bits per heavy atom. The van der Waals surface area contributed by atoms with E-state index in [1.54, 1.807) is 6.92 Å². The van der Waals surface area contributed by atoms with E-state index in [0.717, 1.165) is 0 Å². The van der Waals surface area contributed by atoms with E-state index < -0.39 is 17.9 Å². The Kier molecular flexibility index (Phi) is 3.53. The smallest absolute Gasteiger partial charge is 0.256 e. The lowest BCUT2D eigenvalue weighted by atomic mass is 10.2. The van der Waals surface area contributed by atoms with Gasteiger partial charge in [0, 0.05) is 12.2 Å². The van der Waals surface area contributed by atoms with E-state index in [-0.39, 0.29) is 12.2 Å². The summed E-state index contributed by atoms with van der Waals surface area (Å²) in [5.74, 6) is -1.38. The van der Waals surface area contributed by atoms with Crippen LogP contribution in [0.3, 0.4) is 0 Å². The summed E-state index contributed by atoms with van der Waals surface area (Å²) in [6.45, 7) is 1.43. The molecule has 0 aliphatic rings. The quantitative estimate of drug-likeness (QED) is 0.688. The van der Waals surface area contributed by atoms with Crippen LogP contribution in [0.5, 0.6) is 0 Å². The molecule has 4 nitrogen and oxygen atoms in total. The SMILES string of the molecule is C[C@@H](CO)NC(=O)c1cccnc1F. The van der Waals surface area contributed by atoms with Crippen molar-refractivity contribution < 1.29 is 14.3 Å². The van der Waals surface area contributed by atoms with Crippen molar-refractivity contribution in [2.75, 3.05) is 6.61 Å². The molecule has 0 spiro atoms. The largest absolute Gasteiger partial charge is 0.394 e. The van der Waals surface area contributed by atoms with Crippen LogP contribution >= 0.6 is 0 Å². The normalized spacial score (nSPS) is 12.2. The second kappa shape index (κ2) is 4.66. The molecule has 0 bridgehead atoms. The predicted molar refractivity (Wildman–Crippen MR) is 48.2 cm³/mol. The number of pyridine rings is 1. The Morgan fingerprint density at radius 2 is 2.50 bits per heavy atom. The Hall–Kier alpha value is -1.49. The molecule has 1 heterocycles. The molecule has 1 aromatic rings. The van der Waals surface area contributed by atoms with Gasteiger partial charge in [0.05, 0.1) is 12.2 Å². The number of amides is 1. The Labute approximate surface area is 80.8 Å². The van der Waals surface area contributed by atoms with E-state index in [9.17, 15) is 9.18 Å². The summed E-state index contributed by atoms with van der Waals surface area (Å²) < 4.78 is 13.0. The van der Waals surface area contributed by atoms with Gasteiger partial charge in [-0.05, 0) is 19.1 Å². The summed E-state index contributed by atoms with van der Waals surface area (Å²) in [4.78, 5) is 14.7. The van der Waals surface area contributed by atoms with E-state index >= 15 is 0 Å². The van der Waals surface area contributed by atoms with Crippen molar-refractivity contribution in [1.82, 2.24) is 10.3 Å². The predicted octanol–water partition coefficient (Wildman–Crippen LogP) is 0.331. The first-order valence-electron chi connectivity index (χ1n) is 4.17. The molecule has 1 aromatic heterocycles. The molecule has 5 heteroatoms. The number of aromatic nitrogens is 1. The number of hydrogen-bond acceptors (Lipinski definition) is 3. The minimum absolute atomic E-state index is 0.118. The first-order valence-corrected chi connectivity index (χ1v) is 4.17. The molecule has 0 fully saturated rings. The zero-order chi connectivity index (χ0) is 10.6. The summed E-state index contributed by atoms with van der Waals surface area (Å²) in [7, 11) is 0. The second-order valence-corrected chi connectivity index (χ2v) is 2.90. The van der Waals surface area contributed by atoms with Gasteiger partial charge in [0.1, 0.15) is 0 Å². The molecule has 1 amide bonds. The van der Waals surface area contributed by atoms with Crippen LogP contribution in [0.4, 0.5) is 4.39 Å². The number of halogens is 1. The lowest BCUT2D eigenvalue weighted by Gasteiger charge is -2.10. The topological polar surface area (TPSA) is 62.2 Å². The fourth-order valence-electron chi connectivity index (χ4n) is 0.903. The molecule has 1 atom stereocenters. The van der Waals surface area contributed by atoms with Crippen molar-refractivity contribution in [3.05, 3.63) is 29.8 Å². The monoisotopic (exact) mass is 198 g/mol. The summed E-state index contributed by atoms with van der Waals surface area (Å²) in [6, 6.07) is 2.41. The average Bonchev–Trinajstić information content (AvgIpc) is 2.18. The first kappa shape index (κ1) is 10.6. The molecule has 14 heavy (non-hydrogen) atoms. The van der Waals surface area contributed by atoms with Crippen LogP contribution in [0.1, 0.15) is 17.3 Å². The molecule has 0 saturated carbocycles. The number of aliphatic hydroxyl groups is 1. The highest BCUT2D eigenvalue weighted by Gasteiger charge is 2.13. The average molecular weight is 198 g/mol. The van der Waals surface area contributed by atoms with Crippen LogP contribution < -0.4 is 5.32 Å². The van der Waals surface area contributed by atoms with Crippen molar-refractivity contribution in [1.29, 1.82) is 0 Å². The molecule has 0 unspecified atom stereocenters. The van der Waals surface area contributed by atoms with Gasteiger partial charge in [0.25, 0.3) is 5.91 Å². The number of hydrogen-bond donors (Lipinski definition) is 2. The van der Waals surface area contributed by atoms with Crippen LogP contribution in [0.25, 0.3) is 0 Å². The van der Waals surface area contributed by atoms with Crippen LogP contribution in [0.15, 0.2) is 18.3 Å². The third-order valence-corrected chi connectivity index (χ3v) is 1.66. The number of carbonyl (C=O) groups is 1. The zero-order valence-electron chi connectivity index (χ0n) is 7.70. The second-order valence-electron chi connectivity index (χ2n) is 2.90. The van der Waals surface area contributed by atoms with Crippen LogP contribution in [0, 0.1) is 5.95 Å². The number of nitrogens with zero attached hydrogens (tertiary/aromatic N) is 1. The molecular weight excluding hydrogens is 187 g/mol. The lowest BCUT2D eigenvalue weighted by Crippen LogP contribution is -2.35. The van der Waals surface area contributed by atoms with Crippen molar-refractivity contribution in [3.63, 3.8) is 0 Å². The van der Waals surface area contributed by atoms with Crippen LogP contribution in [-0.4, -0.2) is 28.6 Å². The van der Waals surface area contributed by atoms with E-state index in [4.69, 9.17) is 5.11 Å². The summed E-state index contributed by atoms with van der Waals surface area (Å²) in [5.41, 5.74) is -0.118. The van der Waals surface area contributed by atoms with E-state index in [0.29, 0.717) is 0 Å². The molecule has 1 rings (SSSR count). The van der Waals surface area contributed by atoms with Gasteiger partial charge in [-0.1, -0.05) is 0 Å². The molecule has 0 saturated heterocycles. The number of nitrogens with one attached hydrogen (secondary N) is 1. The van der Waals surface area contributed by atoms with E-state index in [2.05, 4.69) is 10.3 Å². The number of carbonyl (C=O) groups excluding carboxylic acids is 1. The van der Waals surface area contributed by atoms with Crippen molar-refractivity contribution >= 4 is 5.91 Å². The summed E-state index contributed by atoms with van der Waals surface area (Å²) in [5, 5.41) is 11.1. The summed E-state index contributed by atoms with van der Waals surface area (Å²) >= 11 is 0. The highest BCUT2D eigenvalue weighted by Crippen LogP contribution is 2.02. The maximum absolute atomic E-state index is 13.0.